The Bertz CT molecular complexity index is 786. The molecule has 1 fully saturated rings. The highest BCUT2D eigenvalue weighted by Crippen LogP contribution is 2.16. The zero-order chi connectivity index (χ0) is 19.4. The molecule has 0 bridgehead atoms. The molecule has 2 amide bonds. The van der Waals surface area contributed by atoms with E-state index in [1.165, 1.54) is 11.1 Å². The van der Waals surface area contributed by atoms with Gasteiger partial charge in [0.05, 0.1) is 6.42 Å². The topological polar surface area (TPSA) is 40.6 Å². The Morgan fingerprint density at radius 1 is 0.852 bits per heavy atom. The number of piperazine rings is 1. The molecule has 3 rings (SSSR count). The van der Waals surface area contributed by atoms with Gasteiger partial charge in [0.25, 0.3) is 5.91 Å². The fourth-order valence-electron chi connectivity index (χ4n) is 3.34. The molecule has 1 aliphatic heterocycles. The Kier molecular flexibility index (Phi) is 5.94. The molecule has 0 unspecified atom stereocenters. The summed E-state index contributed by atoms with van der Waals surface area (Å²) in [6, 6.07) is 16.0. The maximum absolute atomic E-state index is 12.7. The van der Waals surface area contributed by atoms with E-state index in [9.17, 15) is 9.59 Å². The van der Waals surface area contributed by atoms with E-state index in [-0.39, 0.29) is 11.8 Å². The Hall–Kier alpha value is -2.62. The number of rotatable bonds is 4. The van der Waals surface area contributed by atoms with E-state index < -0.39 is 0 Å². The first-order chi connectivity index (χ1) is 12.9. The number of benzene rings is 2. The largest absolute Gasteiger partial charge is 0.339 e. The maximum atomic E-state index is 12.7. The molecular weight excluding hydrogens is 336 g/mol. The maximum Gasteiger partial charge on any atom is 0.253 e. The van der Waals surface area contributed by atoms with Crippen LogP contribution in [0.25, 0.3) is 0 Å². The van der Waals surface area contributed by atoms with Crippen LogP contribution >= 0.6 is 0 Å². The average Bonchev–Trinajstić information content (AvgIpc) is 2.69. The van der Waals surface area contributed by atoms with Crippen molar-refractivity contribution in [2.45, 2.75) is 33.1 Å². The summed E-state index contributed by atoms with van der Waals surface area (Å²) in [6.45, 7) is 8.70. The van der Waals surface area contributed by atoms with E-state index in [2.05, 4.69) is 13.8 Å². The van der Waals surface area contributed by atoms with Crippen LogP contribution in [0.15, 0.2) is 48.5 Å². The SMILES string of the molecule is Cc1ccc(CC(=O)N2CCN(C(=O)c3ccc(C(C)C)cc3)CC2)cc1. The van der Waals surface area contributed by atoms with Gasteiger partial charge in [-0.25, -0.2) is 0 Å². The normalized spacial score (nSPS) is 14.5. The molecule has 142 valence electrons. The zero-order valence-corrected chi connectivity index (χ0v) is 16.4. The summed E-state index contributed by atoms with van der Waals surface area (Å²) in [4.78, 5) is 28.9. The number of hydrogen-bond acceptors (Lipinski definition) is 2. The summed E-state index contributed by atoms with van der Waals surface area (Å²) in [5.74, 6) is 0.639. The fourth-order valence-corrected chi connectivity index (χ4v) is 3.34. The second-order valence-electron chi connectivity index (χ2n) is 7.61. The van der Waals surface area contributed by atoms with Gasteiger partial charge < -0.3 is 9.80 Å². The van der Waals surface area contributed by atoms with Gasteiger partial charge >= 0.3 is 0 Å². The molecule has 2 aromatic rings. The highest BCUT2D eigenvalue weighted by Gasteiger charge is 2.24. The van der Waals surface area contributed by atoms with E-state index in [4.69, 9.17) is 0 Å². The molecule has 27 heavy (non-hydrogen) atoms. The third-order valence-electron chi connectivity index (χ3n) is 5.22. The number of hydrogen-bond donors (Lipinski definition) is 0. The lowest BCUT2D eigenvalue weighted by molar-refractivity contribution is -0.131. The number of amides is 2. The molecule has 1 aliphatic rings. The lowest BCUT2D eigenvalue weighted by Gasteiger charge is -2.35. The molecule has 4 heteroatoms. The molecular formula is C23H28N2O2. The molecule has 0 saturated carbocycles. The van der Waals surface area contributed by atoms with Gasteiger partial charge in [0.2, 0.25) is 5.91 Å². The van der Waals surface area contributed by atoms with Crippen LogP contribution in [0.1, 0.15) is 46.8 Å². The molecule has 0 atom stereocenters. The lowest BCUT2D eigenvalue weighted by Crippen LogP contribution is -2.51. The van der Waals surface area contributed by atoms with E-state index in [1.807, 2.05) is 65.3 Å². The highest BCUT2D eigenvalue weighted by atomic mass is 16.2. The van der Waals surface area contributed by atoms with Crippen molar-refractivity contribution in [3.8, 4) is 0 Å². The minimum absolute atomic E-state index is 0.0518. The van der Waals surface area contributed by atoms with Crippen molar-refractivity contribution in [3.05, 3.63) is 70.8 Å². The van der Waals surface area contributed by atoms with Crippen LogP contribution in [-0.2, 0) is 11.2 Å². The number of nitrogens with zero attached hydrogens (tertiary/aromatic N) is 2. The number of carbonyl (C=O) groups is 2. The summed E-state index contributed by atoms with van der Waals surface area (Å²) < 4.78 is 0. The van der Waals surface area contributed by atoms with Gasteiger partial charge in [-0.1, -0.05) is 55.8 Å². The van der Waals surface area contributed by atoms with Gasteiger partial charge in [0.15, 0.2) is 0 Å². The van der Waals surface area contributed by atoms with Crippen molar-refractivity contribution in [1.29, 1.82) is 0 Å². The van der Waals surface area contributed by atoms with Crippen molar-refractivity contribution in [3.63, 3.8) is 0 Å². The Morgan fingerprint density at radius 3 is 1.96 bits per heavy atom. The third kappa shape index (κ3) is 4.76. The van der Waals surface area contributed by atoms with Gasteiger partial charge in [0.1, 0.15) is 0 Å². The van der Waals surface area contributed by atoms with Crippen LogP contribution < -0.4 is 0 Å². The van der Waals surface area contributed by atoms with Crippen molar-refractivity contribution in [1.82, 2.24) is 9.80 Å². The van der Waals surface area contributed by atoms with Gasteiger partial charge in [-0.15, -0.1) is 0 Å². The molecule has 2 aromatic carbocycles. The molecule has 0 radical (unpaired) electrons. The predicted molar refractivity (Wildman–Crippen MR) is 108 cm³/mol. The van der Waals surface area contributed by atoms with Crippen LogP contribution in [-0.4, -0.2) is 47.8 Å². The zero-order valence-electron chi connectivity index (χ0n) is 16.4. The Morgan fingerprint density at radius 2 is 1.41 bits per heavy atom. The van der Waals surface area contributed by atoms with Crippen molar-refractivity contribution >= 4 is 11.8 Å². The second-order valence-corrected chi connectivity index (χ2v) is 7.61. The van der Waals surface area contributed by atoms with Crippen molar-refractivity contribution < 1.29 is 9.59 Å². The quantitative estimate of drug-likeness (QED) is 0.831. The van der Waals surface area contributed by atoms with E-state index >= 15 is 0 Å². The lowest BCUT2D eigenvalue weighted by atomic mass is 10.0. The smallest absolute Gasteiger partial charge is 0.253 e. The van der Waals surface area contributed by atoms with Crippen LogP contribution in [0, 0.1) is 6.92 Å². The van der Waals surface area contributed by atoms with Gasteiger partial charge in [-0.05, 0) is 36.1 Å². The predicted octanol–water partition coefficient (Wildman–Crippen LogP) is 3.65. The van der Waals surface area contributed by atoms with Crippen LogP contribution in [0.5, 0.6) is 0 Å². The van der Waals surface area contributed by atoms with Crippen LogP contribution in [0.3, 0.4) is 0 Å². The molecule has 0 N–H and O–H groups in total. The molecule has 1 saturated heterocycles. The number of aryl methyl sites for hydroxylation is 1. The summed E-state index contributed by atoms with van der Waals surface area (Å²) in [5, 5.41) is 0. The first-order valence-corrected chi connectivity index (χ1v) is 9.66. The van der Waals surface area contributed by atoms with Gasteiger partial charge in [-0.2, -0.15) is 0 Å². The standard InChI is InChI=1S/C23H28N2O2/c1-17(2)20-8-10-21(11-9-20)23(27)25-14-12-24(13-15-25)22(26)16-19-6-4-18(3)5-7-19/h4-11,17H,12-16H2,1-3H3. The summed E-state index contributed by atoms with van der Waals surface area (Å²) in [7, 11) is 0. The summed E-state index contributed by atoms with van der Waals surface area (Å²) >= 11 is 0. The van der Waals surface area contributed by atoms with Crippen LogP contribution in [0.4, 0.5) is 0 Å². The minimum Gasteiger partial charge on any atom is -0.339 e. The van der Waals surface area contributed by atoms with Crippen molar-refractivity contribution in [2.24, 2.45) is 0 Å². The first kappa shape index (κ1) is 19.2. The third-order valence-corrected chi connectivity index (χ3v) is 5.22. The fraction of sp³-hybridized carbons (Fsp3) is 0.391. The Labute approximate surface area is 161 Å². The first-order valence-electron chi connectivity index (χ1n) is 9.66. The monoisotopic (exact) mass is 364 g/mol. The summed E-state index contributed by atoms with van der Waals surface area (Å²) in [5.41, 5.74) is 4.19. The molecule has 0 spiro atoms. The van der Waals surface area contributed by atoms with Gasteiger partial charge in [-0.3, -0.25) is 9.59 Å². The van der Waals surface area contributed by atoms with E-state index in [0.29, 0.717) is 38.5 Å². The van der Waals surface area contributed by atoms with Gasteiger partial charge in [0, 0.05) is 31.7 Å². The molecule has 1 heterocycles. The number of carbonyl (C=O) groups excluding carboxylic acids is 2. The second kappa shape index (κ2) is 8.38. The van der Waals surface area contributed by atoms with E-state index in [1.54, 1.807) is 0 Å². The average molecular weight is 364 g/mol. The Balaban J connectivity index is 1.54. The minimum atomic E-state index is 0.0518. The summed E-state index contributed by atoms with van der Waals surface area (Å²) in [6.07, 6.45) is 0.422. The van der Waals surface area contributed by atoms with Crippen molar-refractivity contribution in [2.75, 3.05) is 26.2 Å². The molecule has 4 nitrogen and oxygen atoms in total. The highest BCUT2D eigenvalue weighted by molar-refractivity contribution is 5.94. The van der Waals surface area contributed by atoms with Crippen LogP contribution in [0.2, 0.25) is 0 Å². The molecule has 0 aliphatic carbocycles. The molecule has 0 aromatic heterocycles. The van der Waals surface area contributed by atoms with E-state index in [0.717, 1.165) is 11.1 Å².